The van der Waals surface area contributed by atoms with Gasteiger partial charge in [0.2, 0.25) is 0 Å². The molecule has 4 rings (SSSR count). The summed E-state index contributed by atoms with van der Waals surface area (Å²) >= 11 is 0. The van der Waals surface area contributed by atoms with E-state index in [1.54, 1.807) is 0 Å². The molecule has 3 atom stereocenters. The molecule has 1 spiro atoms. The van der Waals surface area contributed by atoms with Crippen molar-refractivity contribution in [2.75, 3.05) is 44.4 Å². The van der Waals surface area contributed by atoms with Gasteiger partial charge in [-0.25, -0.2) is 18.1 Å². The Morgan fingerprint density at radius 3 is 2.48 bits per heavy atom. The van der Waals surface area contributed by atoms with Crippen LogP contribution in [0.25, 0.3) is 0 Å². The van der Waals surface area contributed by atoms with Crippen molar-refractivity contribution in [2.24, 2.45) is 5.92 Å². The number of hydrogen-bond donors (Lipinski definition) is 1. The fourth-order valence-corrected chi connectivity index (χ4v) is 6.92. The monoisotopic (exact) mass is 398 g/mol. The van der Waals surface area contributed by atoms with Crippen molar-refractivity contribution < 1.29 is 18.0 Å². The molecule has 4 aliphatic rings. The first-order valence-corrected chi connectivity index (χ1v) is 11.9. The van der Waals surface area contributed by atoms with E-state index < -0.39 is 15.4 Å². The van der Waals surface area contributed by atoms with Crippen LogP contribution in [-0.2, 0) is 14.6 Å². The van der Waals surface area contributed by atoms with Gasteiger partial charge in [-0.3, -0.25) is 14.6 Å². The molecule has 3 amide bonds. The van der Waals surface area contributed by atoms with Gasteiger partial charge in [0.1, 0.15) is 5.54 Å². The molecule has 27 heavy (non-hydrogen) atoms. The van der Waals surface area contributed by atoms with Crippen LogP contribution in [-0.4, -0.2) is 91.0 Å². The summed E-state index contributed by atoms with van der Waals surface area (Å²) in [5, 5.41) is 3.00. The largest absolute Gasteiger partial charge is 0.326 e. The second-order valence-electron chi connectivity index (χ2n) is 8.63. The van der Waals surface area contributed by atoms with Gasteiger partial charge < -0.3 is 5.32 Å². The number of rotatable bonds is 3. The molecule has 0 aromatic rings. The van der Waals surface area contributed by atoms with Gasteiger partial charge in [0.05, 0.1) is 18.2 Å². The van der Waals surface area contributed by atoms with Crippen molar-refractivity contribution in [1.82, 2.24) is 20.0 Å². The summed E-state index contributed by atoms with van der Waals surface area (Å²) in [5.74, 6) is 0.666. The number of carbonyl (C=O) groups is 2. The topological polar surface area (TPSA) is 90.0 Å². The van der Waals surface area contributed by atoms with Crippen LogP contribution in [0.15, 0.2) is 0 Å². The minimum Gasteiger partial charge on any atom is -0.323 e. The Morgan fingerprint density at radius 1 is 1.11 bits per heavy atom. The zero-order valence-electron chi connectivity index (χ0n) is 16.0. The molecular weight excluding hydrogens is 368 g/mol. The quantitative estimate of drug-likeness (QED) is 0.686. The highest BCUT2D eigenvalue weighted by atomic mass is 32.2. The lowest BCUT2D eigenvalue weighted by Crippen LogP contribution is -2.55. The van der Waals surface area contributed by atoms with E-state index in [0.717, 1.165) is 58.3 Å². The normalized spacial score (nSPS) is 37.9. The summed E-state index contributed by atoms with van der Waals surface area (Å²) in [7, 11) is -2.87. The Morgan fingerprint density at radius 2 is 1.85 bits per heavy atom. The highest BCUT2D eigenvalue weighted by Crippen LogP contribution is 2.38. The molecule has 8 nitrogen and oxygen atoms in total. The van der Waals surface area contributed by atoms with E-state index in [-0.39, 0.29) is 29.7 Å². The number of piperazine rings is 1. The van der Waals surface area contributed by atoms with E-state index in [1.165, 1.54) is 4.90 Å². The SMILES string of the molecule is C[C@@H]1CCCC[C@@]12NC(=O)N(CN1CCN([C@H]3CCS(=O)(=O)C3)CC1)C2=O. The molecule has 0 aromatic carbocycles. The lowest BCUT2D eigenvalue weighted by molar-refractivity contribution is -0.136. The Hall–Kier alpha value is -1.19. The maximum Gasteiger partial charge on any atom is 0.326 e. The molecule has 3 saturated heterocycles. The maximum atomic E-state index is 13.1. The Labute approximate surface area is 161 Å². The summed E-state index contributed by atoms with van der Waals surface area (Å²) in [5.41, 5.74) is -0.699. The number of carbonyl (C=O) groups excluding carboxylic acids is 2. The average molecular weight is 399 g/mol. The number of hydrogen-bond acceptors (Lipinski definition) is 6. The van der Waals surface area contributed by atoms with Crippen LogP contribution in [0.1, 0.15) is 39.0 Å². The smallest absolute Gasteiger partial charge is 0.323 e. The lowest BCUT2D eigenvalue weighted by Gasteiger charge is -2.39. The van der Waals surface area contributed by atoms with Gasteiger partial charge in [0.25, 0.3) is 5.91 Å². The van der Waals surface area contributed by atoms with Crippen molar-refractivity contribution in [3.05, 3.63) is 0 Å². The van der Waals surface area contributed by atoms with E-state index in [0.29, 0.717) is 12.4 Å². The molecule has 4 fully saturated rings. The first kappa shape index (κ1) is 19.1. The molecule has 1 N–H and O–H groups in total. The van der Waals surface area contributed by atoms with E-state index >= 15 is 0 Å². The van der Waals surface area contributed by atoms with Crippen molar-refractivity contribution in [3.8, 4) is 0 Å². The molecule has 3 aliphatic heterocycles. The average Bonchev–Trinajstić information content (AvgIpc) is 3.11. The number of urea groups is 1. The summed E-state index contributed by atoms with van der Waals surface area (Å²) in [6.45, 7) is 5.45. The third-order valence-electron chi connectivity index (χ3n) is 6.97. The Bertz CT molecular complexity index is 719. The van der Waals surface area contributed by atoms with Gasteiger partial charge in [-0.2, -0.15) is 0 Å². The van der Waals surface area contributed by atoms with Gasteiger partial charge in [-0.1, -0.05) is 19.8 Å². The summed E-state index contributed by atoms with van der Waals surface area (Å²) in [4.78, 5) is 31.3. The minimum atomic E-state index is -2.87. The Balaban J connectivity index is 1.34. The molecule has 0 radical (unpaired) electrons. The van der Waals surface area contributed by atoms with Crippen LogP contribution in [0, 0.1) is 5.92 Å². The van der Waals surface area contributed by atoms with Crippen LogP contribution < -0.4 is 5.32 Å². The number of nitrogens with one attached hydrogen (secondary N) is 1. The molecule has 0 aromatic heterocycles. The number of amides is 3. The van der Waals surface area contributed by atoms with E-state index in [1.807, 2.05) is 0 Å². The highest BCUT2D eigenvalue weighted by molar-refractivity contribution is 7.91. The predicted octanol–water partition coefficient (Wildman–Crippen LogP) is 0.249. The molecule has 1 saturated carbocycles. The van der Waals surface area contributed by atoms with Gasteiger partial charge in [0.15, 0.2) is 9.84 Å². The summed E-state index contributed by atoms with van der Waals surface area (Å²) in [6.07, 6.45) is 4.52. The minimum absolute atomic E-state index is 0.0657. The van der Waals surface area contributed by atoms with Crippen LogP contribution in [0.4, 0.5) is 4.79 Å². The standard InChI is InChI=1S/C18H30N4O4S/c1-14-4-2-3-6-18(14)16(23)22(17(24)19-18)13-20-7-9-21(10-8-20)15-5-11-27(25,26)12-15/h14-15H,2-13H2,1H3,(H,19,24)/t14-,15+,18-/m1/s1. The van der Waals surface area contributed by atoms with Gasteiger partial charge in [-0.05, 0) is 25.2 Å². The fraction of sp³-hybridized carbons (Fsp3) is 0.889. The molecule has 0 bridgehead atoms. The van der Waals surface area contributed by atoms with Crippen molar-refractivity contribution in [1.29, 1.82) is 0 Å². The first-order valence-electron chi connectivity index (χ1n) is 10.1. The summed E-state index contributed by atoms with van der Waals surface area (Å²) < 4.78 is 23.4. The first-order chi connectivity index (χ1) is 12.8. The zero-order chi connectivity index (χ0) is 19.2. The summed E-state index contributed by atoms with van der Waals surface area (Å²) in [6, 6.07) is -0.140. The molecule has 3 heterocycles. The van der Waals surface area contributed by atoms with Crippen molar-refractivity contribution >= 4 is 21.8 Å². The van der Waals surface area contributed by atoms with E-state index in [4.69, 9.17) is 0 Å². The molecule has 1 aliphatic carbocycles. The Kier molecular flexibility index (Phi) is 4.97. The highest BCUT2D eigenvalue weighted by Gasteiger charge is 2.55. The van der Waals surface area contributed by atoms with E-state index in [2.05, 4.69) is 22.0 Å². The zero-order valence-corrected chi connectivity index (χ0v) is 16.8. The molecule has 152 valence electrons. The third kappa shape index (κ3) is 3.49. The number of imide groups is 1. The third-order valence-corrected chi connectivity index (χ3v) is 8.72. The van der Waals surface area contributed by atoms with Crippen LogP contribution in [0.5, 0.6) is 0 Å². The van der Waals surface area contributed by atoms with Crippen LogP contribution in [0.2, 0.25) is 0 Å². The lowest BCUT2D eigenvalue weighted by atomic mass is 9.73. The second-order valence-corrected chi connectivity index (χ2v) is 10.9. The number of nitrogens with zero attached hydrogens (tertiary/aromatic N) is 3. The van der Waals surface area contributed by atoms with Crippen molar-refractivity contribution in [2.45, 2.75) is 50.6 Å². The second kappa shape index (κ2) is 7.00. The van der Waals surface area contributed by atoms with E-state index in [9.17, 15) is 18.0 Å². The molecular formula is C18H30N4O4S. The molecule has 0 unspecified atom stereocenters. The van der Waals surface area contributed by atoms with Crippen LogP contribution >= 0.6 is 0 Å². The number of sulfone groups is 1. The van der Waals surface area contributed by atoms with Crippen molar-refractivity contribution in [3.63, 3.8) is 0 Å². The predicted molar refractivity (Wildman–Crippen MR) is 101 cm³/mol. The van der Waals surface area contributed by atoms with Gasteiger partial charge in [0, 0.05) is 32.2 Å². The fourth-order valence-electron chi connectivity index (χ4n) is 5.16. The van der Waals surface area contributed by atoms with Gasteiger partial charge in [-0.15, -0.1) is 0 Å². The van der Waals surface area contributed by atoms with Crippen LogP contribution in [0.3, 0.4) is 0 Å². The van der Waals surface area contributed by atoms with Gasteiger partial charge >= 0.3 is 6.03 Å². The molecule has 9 heteroatoms. The maximum absolute atomic E-state index is 13.1.